The molecule has 0 aliphatic rings. The van der Waals surface area contributed by atoms with Gasteiger partial charge in [-0.1, -0.05) is 36.4 Å². The zero-order valence-corrected chi connectivity index (χ0v) is 11.7. The first-order valence-electron chi connectivity index (χ1n) is 5.95. The van der Waals surface area contributed by atoms with Crippen molar-refractivity contribution in [3.63, 3.8) is 0 Å². The molecule has 0 spiro atoms. The fourth-order valence-electron chi connectivity index (χ4n) is 1.69. The Kier molecular flexibility index (Phi) is 4.79. The van der Waals surface area contributed by atoms with Crippen molar-refractivity contribution < 1.29 is 4.74 Å². The summed E-state index contributed by atoms with van der Waals surface area (Å²) < 4.78 is 6.73. The van der Waals surface area contributed by atoms with E-state index in [0.29, 0.717) is 13.2 Å². The van der Waals surface area contributed by atoms with Crippen molar-refractivity contribution in [2.45, 2.75) is 13.0 Å². The summed E-state index contributed by atoms with van der Waals surface area (Å²) in [6.07, 6.45) is 0.922. The quantitative estimate of drug-likeness (QED) is 0.917. The summed E-state index contributed by atoms with van der Waals surface area (Å²) in [6.45, 7) is 1.26. The Bertz CT molecular complexity index is 496. The van der Waals surface area contributed by atoms with Crippen LogP contribution >= 0.6 is 15.9 Å². The number of hydrogen-bond acceptors (Lipinski definition) is 2. The van der Waals surface area contributed by atoms with Crippen LogP contribution in [0.3, 0.4) is 0 Å². The van der Waals surface area contributed by atoms with Crippen molar-refractivity contribution in [2.75, 3.05) is 6.54 Å². The van der Waals surface area contributed by atoms with Crippen LogP contribution in [0.5, 0.6) is 5.75 Å². The van der Waals surface area contributed by atoms with Crippen LogP contribution in [-0.4, -0.2) is 6.54 Å². The Morgan fingerprint density at radius 3 is 2.28 bits per heavy atom. The minimum absolute atomic E-state index is 0.575. The van der Waals surface area contributed by atoms with Crippen LogP contribution in [0.4, 0.5) is 0 Å². The third-order valence-corrected chi connectivity index (χ3v) is 3.34. The molecular formula is C15H16BrNO. The molecule has 0 fully saturated rings. The topological polar surface area (TPSA) is 35.2 Å². The van der Waals surface area contributed by atoms with Gasteiger partial charge >= 0.3 is 0 Å². The van der Waals surface area contributed by atoms with Crippen LogP contribution in [0.25, 0.3) is 0 Å². The monoisotopic (exact) mass is 305 g/mol. The second kappa shape index (κ2) is 6.57. The molecule has 2 N–H and O–H groups in total. The van der Waals surface area contributed by atoms with E-state index in [9.17, 15) is 0 Å². The lowest BCUT2D eigenvalue weighted by Crippen LogP contribution is -2.03. The van der Waals surface area contributed by atoms with E-state index in [4.69, 9.17) is 10.5 Å². The normalized spacial score (nSPS) is 10.3. The molecule has 0 radical (unpaired) electrons. The number of ether oxygens (including phenoxy) is 1. The van der Waals surface area contributed by atoms with Gasteiger partial charge in [-0.3, -0.25) is 0 Å². The van der Waals surface area contributed by atoms with Crippen LogP contribution in [0.2, 0.25) is 0 Å². The second-order valence-corrected chi connectivity index (χ2v) is 4.93. The Morgan fingerprint density at radius 1 is 0.944 bits per heavy atom. The van der Waals surface area contributed by atoms with Gasteiger partial charge in [0.25, 0.3) is 0 Å². The van der Waals surface area contributed by atoms with Crippen molar-refractivity contribution in [3.05, 3.63) is 64.1 Å². The molecule has 0 saturated heterocycles. The fraction of sp³-hybridized carbons (Fsp3) is 0.200. The molecule has 3 heteroatoms. The molecule has 0 amide bonds. The summed E-state index contributed by atoms with van der Waals surface area (Å²) in [5.74, 6) is 0.864. The summed E-state index contributed by atoms with van der Waals surface area (Å²) in [5.41, 5.74) is 7.94. The number of para-hydroxylation sites is 1. The van der Waals surface area contributed by atoms with E-state index in [1.54, 1.807) is 0 Å². The van der Waals surface area contributed by atoms with Crippen LogP contribution in [-0.2, 0) is 13.0 Å². The van der Waals surface area contributed by atoms with Crippen molar-refractivity contribution in [3.8, 4) is 5.75 Å². The third kappa shape index (κ3) is 3.59. The Hall–Kier alpha value is -1.32. The summed E-state index contributed by atoms with van der Waals surface area (Å²) in [5, 5.41) is 0. The van der Waals surface area contributed by atoms with E-state index >= 15 is 0 Å². The fourth-order valence-corrected chi connectivity index (χ4v) is 2.09. The molecular weight excluding hydrogens is 290 g/mol. The first-order chi connectivity index (χ1) is 8.79. The van der Waals surface area contributed by atoms with Gasteiger partial charge in [0.1, 0.15) is 12.4 Å². The Balaban J connectivity index is 1.96. The van der Waals surface area contributed by atoms with E-state index in [1.165, 1.54) is 5.56 Å². The smallest absolute Gasteiger partial charge is 0.133 e. The molecule has 2 rings (SSSR count). The van der Waals surface area contributed by atoms with E-state index < -0.39 is 0 Å². The number of rotatable bonds is 5. The van der Waals surface area contributed by atoms with Crippen LogP contribution < -0.4 is 10.5 Å². The zero-order valence-electron chi connectivity index (χ0n) is 10.1. The molecule has 0 atom stereocenters. The maximum atomic E-state index is 5.75. The molecule has 18 heavy (non-hydrogen) atoms. The molecule has 2 aromatic rings. The molecule has 94 valence electrons. The highest BCUT2D eigenvalue weighted by molar-refractivity contribution is 9.10. The largest absolute Gasteiger partial charge is 0.488 e. The zero-order chi connectivity index (χ0) is 12.8. The summed E-state index contributed by atoms with van der Waals surface area (Å²) >= 11 is 3.46. The van der Waals surface area contributed by atoms with E-state index in [2.05, 4.69) is 40.2 Å². The minimum Gasteiger partial charge on any atom is -0.488 e. The summed E-state index contributed by atoms with van der Waals surface area (Å²) in [6, 6.07) is 16.2. The van der Waals surface area contributed by atoms with Crippen molar-refractivity contribution in [1.29, 1.82) is 0 Å². The predicted octanol–water partition coefficient (Wildman–Crippen LogP) is 3.53. The molecule has 0 aromatic heterocycles. The van der Waals surface area contributed by atoms with Gasteiger partial charge in [0.05, 0.1) is 4.47 Å². The highest BCUT2D eigenvalue weighted by Crippen LogP contribution is 2.24. The molecule has 0 unspecified atom stereocenters. The number of nitrogens with two attached hydrogens (primary N) is 1. The predicted molar refractivity (Wildman–Crippen MR) is 77.7 cm³/mol. The highest BCUT2D eigenvalue weighted by atomic mass is 79.9. The second-order valence-electron chi connectivity index (χ2n) is 4.07. The lowest BCUT2D eigenvalue weighted by Gasteiger charge is -2.08. The lowest BCUT2D eigenvalue weighted by atomic mass is 10.1. The SMILES string of the molecule is NCCc1ccc(COc2ccccc2Br)cc1. The average molecular weight is 306 g/mol. The van der Waals surface area contributed by atoms with Crippen LogP contribution in [0.15, 0.2) is 53.0 Å². The molecule has 0 heterocycles. The molecule has 0 aliphatic heterocycles. The van der Waals surface area contributed by atoms with Crippen LogP contribution in [0, 0.1) is 0 Å². The molecule has 2 aromatic carbocycles. The minimum atomic E-state index is 0.575. The van der Waals surface area contributed by atoms with Gasteiger partial charge in [-0.25, -0.2) is 0 Å². The van der Waals surface area contributed by atoms with Gasteiger partial charge in [-0.05, 0) is 52.2 Å². The van der Waals surface area contributed by atoms with E-state index in [1.807, 2.05) is 24.3 Å². The van der Waals surface area contributed by atoms with Crippen molar-refractivity contribution >= 4 is 15.9 Å². The van der Waals surface area contributed by atoms with Gasteiger partial charge in [0, 0.05) is 0 Å². The molecule has 2 nitrogen and oxygen atoms in total. The van der Waals surface area contributed by atoms with Gasteiger partial charge < -0.3 is 10.5 Å². The van der Waals surface area contributed by atoms with Gasteiger partial charge in [-0.15, -0.1) is 0 Å². The van der Waals surface area contributed by atoms with Crippen molar-refractivity contribution in [2.24, 2.45) is 5.73 Å². The number of hydrogen-bond donors (Lipinski definition) is 1. The standard InChI is InChI=1S/C15H16BrNO/c16-14-3-1-2-4-15(14)18-11-13-7-5-12(6-8-13)9-10-17/h1-8H,9-11,17H2. The molecule has 0 aliphatic carbocycles. The number of benzene rings is 2. The van der Waals surface area contributed by atoms with E-state index in [0.717, 1.165) is 22.2 Å². The first-order valence-corrected chi connectivity index (χ1v) is 6.74. The number of halogens is 1. The van der Waals surface area contributed by atoms with Gasteiger partial charge in [0.15, 0.2) is 0 Å². The average Bonchev–Trinajstić information content (AvgIpc) is 2.40. The maximum absolute atomic E-state index is 5.75. The summed E-state index contributed by atoms with van der Waals surface area (Å²) in [7, 11) is 0. The lowest BCUT2D eigenvalue weighted by molar-refractivity contribution is 0.304. The highest BCUT2D eigenvalue weighted by Gasteiger charge is 2.00. The third-order valence-electron chi connectivity index (χ3n) is 2.69. The van der Waals surface area contributed by atoms with Gasteiger partial charge in [0.2, 0.25) is 0 Å². The molecule has 0 bridgehead atoms. The van der Waals surface area contributed by atoms with Crippen molar-refractivity contribution in [1.82, 2.24) is 0 Å². The van der Waals surface area contributed by atoms with Gasteiger partial charge in [-0.2, -0.15) is 0 Å². The first kappa shape index (κ1) is 13.1. The Labute approximate surface area is 116 Å². The van der Waals surface area contributed by atoms with Crippen LogP contribution in [0.1, 0.15) is 11.1 Å². The maximum Gasteiger partial charge on any atom is 0.133 e. The van der Waals surface area contributed by atoms with E-state index in [-0.39, 0.29) is 0 Å². The molecule has 0 saturated carbocycles. The Morgan fingerprint density at radius 2 is 1.61 bits per heavy atom. The summed E-state index contributed by atoms with van der Waals surface area (Å²) in [4.78, 5) is 0.